The van der Waals surface area contributed by atoms with Crippen molar-refractivity contribution in [2.45, 2.75) is 13.0 Å². The summed E-state index contributed by atoms with van der Waals surface area (Å²) in [6, 6.07) is 15.3. The quantitative estimate of drug-likeness (QED) is 0.847. The molecule has 0 fully saturated rings. The normalized spacial score (nSPS) is 11.2. The van der Waals surface area contributed by atoms with E-state index < -0.39 is 5.91 Å². The highest BCUT2D eigenvalue weighted by Crippen LogP contribution is 2.16. The number of hydrogen-bond acceptors (Lipinski definition) is 4. The van der Waals surface area contributed by atoms with Gasteiger partial charge in [-0.25, -0.2) is 0 Å². The van der Waals surface area contributed by atoms with E-state index in [2.05, 4.69) is 11.4 Å². The van der Waals surface area contributed by atoms with Crippen molar-refractivity contribution in [1.82, 2.24) is 5.32 Å². The van der Waals surface area contributed by atoms with E-state index in [9.17, 15) is 9.59 Å². The number of nitrogens with two attached hydrogens (primary N) is 1. The zero-order valence-electron chi connectivity index (χ0n) is 13.2. The van der Waals surface area contributed by atoms with Gasteiger partial charge in [0.15, 0.2) is 6.61 Å². The van der Waals surface area contributed by atoms with Gasteiger partial charge in [0.2, 0.25) is 0 Å². The molecule has 0 saturated heterocycles. The van der Waals surface area contributed by atoms with E-state index in [0.29, 0.717) is 16.9 Å². The number of benzene rings is 2. The van der Waals surface area contributed by atoms with Crippen molar-refractivity contribution in [3.05, 3.63) is 65.2 Å². The lowest BCUT2D eigenvalue weighted by molar-refractivity contribution is -0.119. The van der Waals surface area contributed by atoms with Gasteiger partial charge in [0.05, 0.1) is 17.7 Å². The Labute approximate surface area is 139 Å². The van der Waals surface area contributed by atoms with Gasteiger partial charge in [0, 0.05) is 5.56 Å². The van der Waals surface area contributed by atoms with Crippen LogP contribution in [0.4, 0.5) is 0 Å². The van der Waals surface area contributed by atoms with E-state index in [-0.39, 0.29) is 18.6 Å². The molecule has 2 amide bonds. The second-order valence-corrected chi connectivity index (χ2v) is 5.21. The minimum absolute atomic E-state index is 0.222. The Balaban J connectivity index is 2.04. The average Bonchev–Trinajstić information content (AvgIpc) is 2.60. The minimum atomic E-state index is -0.584. The summed E-state index contributed by atoms with van der Waals surface area (Å²) in [5.74, 6) is -0.455. The summed E-state index contributed by atoms with van der Waals surface area (Å²) in [7, 11) is 0. The van der Waals surface area contributed by atoms with Gasteiger partial charge in [-0.1, -0.05) is 18.2 Å². The maximum absolute atomic E-state index is 12.3. The van der Waals surface area contributed by atoms with Crippen LogP contribution in [0.1, 0.15) is 34.5 Å². The predicted molar refractivity (Wildman–Crippen MR) is 88.2 cm³/mol. The number of amides is 2. The Hall–Kier alpha value is -3.33. The van der Waals surface area contributed by atoms with Crippen molar-refractivity contribution in [2.24, 2.45) is 5.73 Å². The Kier molecular flexibility index (Phi) is 5.53. The molecule has 2 aromatic carbocycles. The summed E-state index contributed by atoms with van der Waals surface area (Å²) in [5, 5.41) is 11.7. The highest BCUT2D eigenvalue weighted by molar-refractivity contribution is 5.94. The van der Waals surface area contributed by atoms with E-state index in [4.69, 9.17) is 15.7 Å². The summed E-state index contributed by atoms with van der Waals surface area (Å²) in [4.78, 5) is 23.1. The Morgan fingerprint density at radius 1 is 1.25 bits per heavy atom. The smallest absolute Gasteiger partial charge is 0.255 e. The van der Waals surface area contributed by atoms with Crippen LogP contribution >= 0.6 is 0 Å². The summed E-state index contributed by atoms with van der Waals surface area (Å²) in [5.41, 5.74) is 6.90. The number of ether oxygens (including phenoxy) is 1. The number of nitriles is 1. The number of carbonyl (C=O) groups is 2. The SMILES string of the molecule is CC(NC(=O)c1cccc(OCC(N)=O)c1)c1ccc(C#N)cc1. The van der Waals surface area contributed by atoms with Crippen LogP contribution in [0, 0.1) is 11.3 Å². The maximum Gasteiger partial charge on any atom is 0.255 e. The first-order valence-electron chi connectivity index (χ1n) is 7.31. The maximum atomic E-state index is 12.3. The second-order valence-electron chi connectivity index (χ2n) is 5.21. The predicted octanol–water partition coefficient (Wildman–Crippen LogP) is 1.91. The molecule has 0 aliphatic carbocycles. The Morgan fingerprint density at radius 3 is 2.58 bits per heavy atom. The number of nitrogens with zero attached hydrogens (tertiary/aromatic N) is 1. The molecule has 122 valence electrons. The fraction of sp³-hybridized carbons (Fsp3) is 0.167. The zero-order chi connectivity index (χ0) is 17.5. The fourth-order valence-electron chi connectivity index (χ4n) is 2.09. The lowest BCUT2D eigenvalue weighted by atomic mass is 10.1. The van der Waals surface area contributed by atoms with Crippen LogP contribution in [0.2, 0.25) is 0 Å². The zero-order valence-corrected chi connectivity index (χ0v) is 13.2. The highest BCUT2D eigenvalue weighted by Gasteiger charge is 2.12. The average molecular weight is 323 g/mol. The highest BCUT2D eigenvalue weighted by atomic mass is 16.5. The molecule has 0 aliphatic rings. The van der Waals surface area contributed by atoms with E-state index >= 15 is 0 Å². The molecule has 0 radical (unpaired) electrons. The van der Waals surface area contributed by atoms with E-state index in [1.54, 1.807) is 48.5 Å². The minimum Gasteiger partial charge on any atom is -0.484 e. The molecule has 24 heavy (non-hydrogen) atoms. The summed E-state index contributed by atoms with van der Waals surface area (Å²) >= 11 is 0. The molecular weight excluding hydrogens is 306 g/mol. The number of primary amides is 1. The van der Waals surface area contributed by atoms with E-state index in [1.165, 1.54) is 0 Å². The van der Waals surface area contributed by atoms with Crippen molar-refractivity contribution < 1.29 is 14.3 Å². The number of carbonyl (C=O) groups excluding carboxylic acids is 2. The topological polar surface area (TPSA) is 105 Å². The van der Waals surface area contributed by atoms with Crippen LogP contribution < -0.4 is 15.8 Å². The molecule has 6 heteroatoms. The van der Waals surface area contributed by atoms with E-state index in [1.807, 2.05) is 6.92 Å². The summed E-state index contributed by atoms with van der Waals surface area (Å²) < 4.78 is 5.19. The summed E-state index contributed by atoms with van der Waals surface area (Å²) in [6.07, 6.45) is 0. The number of hydrogen-bond donors (Lipinski definition) is 2. The van der Waals surface area contributed by atoms with Crippen LogP contribution in [0.3, 0.4) is 0 Å². The number of rotatable bonds is 6. The third-order valence-electron chi connectivity index (χ3n) is 3.36. The molecule has 0 spiro atoms. The molecule has 0 bridgehead atoms. The van der Waals surface area contributed by atoms with Gasteiger partial charge in [0.25, 0.3) is 11.8 Å². The second kappa shape index (κ2) is 7.79. The molecule has 3 N–H and O–H groups in total. The van der Waals surface area contributed by atoms with Crippen LogP contribution in [-0.4, -0.2) is 18.4 Å². The van der Waals surface area contributed by atoms with Gasteiger partial charge >= 0.3 is 0 Å². The molecule has 2 rings (SSSR count). The Morgan fingerprint density at radius 2 is 1.96 bits per heavy atom. The molecule has 1 atom stereocenters. The largest absolute Gasteiger partial charge is 0.484 e. The van der Waals surface area contributed by atoms with E-state index in [0.717, 1.165) is 5.56 Å². The van der Waals surface area contributed by atoms with Crippen LogP contribution in [0.25, 0.3) is 0 Å². The first kappa shape index (κ1) is 17.0. The molecule has 6 nitrogen and oxygen atoms in total. The monoisotopic (exact) mass is 323 g/mol. The van der Waals surface area contributed by atoms with Crippen LogP contribution in [0.15, 0.2) is 48.5 Å². The van der Waals surface area contributed by atoms with Gasteiger partial charge in [0.1, 0.15) is 5.75 Å². The molecule has 1 unspecified atom stereocenters. The molecule has 2 aromatic rings. The standard InChI is InChI=1S/C18H17N3O3/c1-12(14-7-5-13(10-19)6-8-14)21-18(23)15-3-2-4-16(9-15)24-11-17(20)22/h2-9,12H,11H2,1H3,(H2,20,22)(H,21,23). The fourth-order valence-corrected chi connectivity index (χ4v) is 2.09. The van der Waals surface area contributed by atoms with Crippen molar-refractivity contribution >= 4 is 11.8 Å². The third kappa shape index (κ3) is 4.58. The molecule has 0 aromatic heterocycles. The number of nitrogens with one attached hydrogen (secondary N) is 1. The van der Waals surface area contributed by atoms with Crippen molar-refractivity contribution in [2.75, 3.05) is 6.61 Å². The lowest BCUT2D eigenvalue weighted by Gasteiger charge is -2.15. The van der Waals surface area contributed by atoms with Gasteiger partial charge in [-0.05, 0) is 42.8 Å². The van der Waals surface area contributed by atoms with Gasteiger partial charge in [-0.15, -0.1) is 0 Å². The third-order valence-corrected chi connectivity index (χ3v) is 3.36. The lowest BCUT2D eigenvalue weighted by Crippen LogP contribution is -2.26. The van der Waals surface area contributed by atoms with Gasteiger partial charge in [-0.3, -0.25) is 9.59 Å². The van der Waals surface area contributed by atoms with Gasteiger partial charge < -0.3 is 15.8 Å². The van der Waals surface area contributed by atoms with Crippen LogP contribution in [-0.2, 0) is 4.79 Å². The molecular formula is C18H17N3O3. The van der Waals surface area contributed by atoms with Crippen molar-refractivity contribution in [3.8, 4) is 11.8 Å². The van der Waals surface area contributed by atoms with Crippen molar-refractivity contribution in [1.29, 1.82) is 5.26 Å². The first-order valence-corrected chi connectivity index (χ1v) is 7.31. The van der Waals surface area contributed by atoms with Gasteiger partial charge in [-0.2, -0.15) is 5.26 Å². The first-order chi connectivity index (χ1) is 11.5. The van der Waals surface area contributed by atoms with Crippen molar-refractivity contribution in [3.63, 3.8) is 0 Å². The Bertz CT molecular complexity index is 779. The molecule has 0 saturated carbocycles. The molecule has 0 aliphatic heterocycles. The van der Waals surface area contributed by atoms with Crippen LogP contribution in [0.5, 0.6) is 5.75 Å². The molecule has 0 heterocycles. The summed E-state index contributed by atoms with van der Waals surface area (Å²) in [6.45, 7) is 1.61.